The minimum Gasteiger partial charge on any atom is -0.341 e. The van der Waals surface area contributed by atoms with Crippen molar-refractivity contribution in [3.05, 3.63) is 23.9 Å². The highest BCUT2D eigenvalue weighted by molar-refractivity contribution is 7.91. The number of nitrogens with one attached hydrogen (secondary N) is 1. The number of rotatable bonds is 7. The summed E-state index contributed by atoms with van der Waals surface area (Å²) in [6, 6.07) is 2.28. The van der Waals surface area contributed by atoms with Gasteiger partial charge in [0.25, 0.3) is 10.0 Å². The molecular formula is C23H29F3N6O5S2. The van der Waals surface area contributed by atoms with Crippen LogP contribution >= 0.6 is 11.3 Å². The fourth-order valence-corrected chi connectivity index (χ4v) is 7.21. The number of alkyl halides is 3. The van der Waals surface area contributed by atoms with E-state index in [9.17, 15) is 36.0 Å². The van der Waals surface area contributed by atoms with Crippen molar-refractivity contribution in [2.45, 2.75) is 48.7 Å². The average Bonchev–Trinajstić information content (AvgIpc) is 3.60. The number of sulfonamides is 1. The number of likely N-dealkylation sites (N-methyl/N-ethyl adjacent to an activating group) is 1. The van der Waals surface area contributed by atoms with Crippen LogP contribution in [-0.2, 0) is 37.6 Å². The van der Waals surface area contributed by atoms with E-state index in [1.54, 1.807) is 16.8 Å². The summed E-state index contributed by atoms with van der Waals surface area (Å²) in [7, 11) is -1.34. The highest BCUT2D eigenvalue weighted by Gasteiger charge is 2.37. The summed E-state index contributed by atoms with van der Waals surface area (Å²) in [5.74, 6) is -0.895. The molecule has 2 aliphatic heterocycles. The Morgan fingerprint density at radius 2 is 1.95 bits per heavy atom. The highest BCUT2D eigenvalue weighted by Crippen LogP contribution is 2.35. The Morgan fingerprint density at radius 1 is 1.23 bits per heavy atom. The molecule has 214 valence electrons. The second-order valence-electron chi connectivity index (χ2n) is 9.64. The molecule has 2 saturated heterocycles. The van der Waals surface area contributed by atoms with Crippen molar-refractivity contribution in [3.63, 3.8) is 0 Å². The van der Waals surface area contributed by atoms with E-state index >= 15 is 0 Å². The summed E-state index contributed by atoms with van der Waals surface area (Å²) in [5, 5.41) is 3.84. The predicted octanol–water partition coefficient (Wildman–Crippen LogP) is 1.52. The third kappa shape index (κ3) is 6.27. The van der Waals surface area contributed by atoms with Gasteiger partial charge in [-0.3, -0.25) is 19.1 Å². The Balaban J connectivity index is 1.40. The molecule has 0 saturated carbocycles. The molecule has 2 fully saturated rings. The molecule has 4 heterocycles. The molecule has 1 N–H and O–H groups in total. The first-order valence-electron chi connectivity index (χ1n) is 12.2. The van der Waals surface area contributed by atoms with Gasteiger partial charge in [-0.15, -0.1) is 11.3 Å². The van der Waals surface area contributed by atoms with E-state index < -0.39 is 33.8 Å². The number of amides is 3. The zero-order valence-electron chi connectivity index (χ0n) is 21.6. The van der Waals surface area contributed by atoms with Crippen LogP contribution in [0.25, 0.3) is 10.6 Å². The molecule has 4 rings (SSSR count). The predicted molar refractivity (Wildman–Crippen MR) is 135 cm³/mol. The van der Waals surface area contributed by atoms with Crippen molar-refractivity contribution in [1.29, 1.82) is 0 Å². The molecule has 0 spiro atoms. The second-order valence-corrected chi connectivity index (χ2v) is 12.7. The van der Waals surface area contributed by atoms with Gasteiger partial charge in [-0.1, -0.05) is 0 Å². The van der Waals surface area contributed by atoms with Gasteiger partial charge >= 0.3 is 6.18 Å². The van der Waals surface area contributed by atoms with Crippen LogP contribution in [-0.4, -0.2) is 95.9 Å². The van der Waals surface area contributed by atoms with Crippen LogP contribution in [0.3, 0.4) is 0 Å². The van der Waals surface area contributed by atoms with E-state index in [1.165, 1.54) is 24.0 Å². The first-order valence-corrected chi connectivity index (χ1v) is 14.5. The van der Waals surface area contributed by atoms with E-state index in [0.29, 0.717) is 37.2 Å². The van der Waals surface area contributed by atoms with Crippen LogP contribution in [0.1, 0.15) is 31.9 Å². The molecular weight excluding hydrogens is 561 g/mol. The van der Waals surface area contributed by atoms with E-state index in [1.807, 2.05) is 0 Å². The molecule has 1 unspecified atom stereocenters. The third-order valence-corrected chi connectivity index (χ3v) is 10.1. The van der Waals surface area contributed by atoms with Crippen LogP contribution in [0.2, 0.25) is 0 Å². The highest BCUT2D eigenvalue weighted by atomic mass is 32.2. The maximum absolute atomic E-state index is 13.1. The number of hydrogen-bond acceptors (Lipinski definition) is 7. The second kappa shape index (κ2) is 10.9. The van der Waals surface area contributed by atoms with Gasteiger partial charge < -0.3 is 14.7 Å². The topological polar surface area (TPSA) is 125 Å². The standard InChI is InChI=1S/C23H29F3N6O5S2/c1-14(33)29(2)15-8-10-31(12-15)20(34)13-32-9-4-5-16(22(32)35)28-39(36,37)21-7-6-18(38-21)17-11-19(23(24,25)26)30(3)27-17/h6-7,11,15-16,28H,4-5,8-10,12-13H2,1-3H3/t15?,16-/m0/s1. The van der Waals surface area contributed by atoms with Crippen LogP contribution < -0.4 is 4.72 Å². The first kappa shape index (κ1) is 29.0. The minimum atomic E-state index is -4.61. The van der Waals surface area contributed by atoms with E-state index in [2.05, 4.69) is 9.82 Å². The molecule has 39 heavy (non-hydrogen) atoms. The van der Waals surface area contributed by atoms with E-state index in [-0.39, 0.29) is 45.6 Å². The molecule has 2 aliphatic rings. The summed E-state index contributed by atoms with van der Waals surface area (Å²) >= 11 is 0.741. The summed E-state index contributed by atoms with van der Waals surface area (Å²) in [5.41, 5.74) is -0.987. The zero-order valence-corrected chi connectivity index (χ0v) is 23.2. The summed E-state index contributed by atoms with van der Waals surface area (Å²) in [6.45, 7) is 2.39. The van der Waals surface area contributed by atoms with Crippen molar-refractivity contribution >= 4 is 39.1 Å². The van der Waals surface area contributed by atoms with Gasteiger partial charge in [0.1, 0.15) is 21.6 Å². The SMILES string of the molecule is CC(=O)N(C)C1CCN(C(=O)CN2CCC[C@H](NS(=O)(=O)c3ccc(-c4cc(C(F)(F)F)n(C)n4)s3)C2=O)C1. The lowest BCUT2D eigenvalue weighted by Gasteiger charge is -2.33. The largest absolute Gasteiger partial charge is 0.433 e. The normalized spacial score (nSPS) is 20.5. The van der Waals surface area contributed by atoms with Gasteiger partial charge in [0.15, 0.2) is 0 Å². The number of thiophene rings is 1. The number of piperidine rings is 1. The Kier molecular flexibility index (Phi) is 8.10. The third-order valence-electron chi connectivity index (χ3n) is 6.98. The molecule has 0 aliphatic carbocycles. The molecule has 11 nitrogen and oxygen atoms in total. The molecule has 0 aromatic carbocycles. The summed E-state index contributed by atoms with van der Waals surface area (Å²) in [6.07, 6.45) is -3.25. The number of nitrogens with zero attached hydrogens (tertiary/aromatic N) is 5. The molecule has 2 aromatic heterocycles. The van der Waals surface area contributed by atoms with Gasteiger partial charge in [-0.25, -0.2) is 8.42 Å². The lowest BCUT2D eigenvalue weighted by Crippen LogP contribution is -2.54. The smallest absolute Gasteiger partial charge is 0.341 e. The number of likely N-dealkylation sites (tertiary alicyclic amines) is 2. The van der Waals surface area contributed by atoms with Crippen LogP contribution in [0.5, 0.6) is 0 Å². The number of carbonyl (C=O) groups is 3. The number of hydrogen-bond donors (Lipinski definition) is 1. The average molecular weight is 591 g/mol. The lowest BCUT2D eigenvalue weighted by atomic mass is 10.1. The van der Waals surface area contributed by atoms with Crippen LogP contribution in [0.15, 0.2) is 22.4 Å². The maximum atomic E-state index is 13.1. The fraction of sp³-hybridized carbons (Fsp3) is 0.565. The van der Waals surface area contributed by atoms with Gasteiger partial charge in [0.2, 0.25) is 17.7 Å². The van der Waals surface area contributed by atoms with Crippen molar-refractivity contribution in [3.8, 4) is 10.6 Å². The van der Waals surface area contributed by atoms with Crippen LogP contribution in [0, 0.1) is 0 Å². The van der Waals surface area contributed by atoms with E-state index in [0.717, 1.165) is 24.5 Å². The molecule has 2 aromatic rings. The number of carbonyl (C=O) groups excluding carboxylic acids is 3. The zero-order chi connectivity index (χ0) is 28.7. The minimum absolute atomic E-state index is 0.0200. The first-order chi connectivity index (χ1) is 18.2. The lowest BCUT2D eigenvalue weighted by molar-refractivity contribution is -0.143. The number of halogens is 3. The summed E-state index contributed by atoms with van der Waals surface area (Å²) in [4.78, 5) is 42.3. The Morgan fingerprint density at radius 3 is 2.59 bits per heavy atom. The Hall–Kier alpha value is -2.98. The van der Waals surface area contributed by atoms with Crippen molar-refractivity contribution in [2.24, 2.45) is 7.05 Å². The molecule has 3 amide bonds. The van der Waals surface area contributed by atoms with Crippen LogP contribution in [0.4, 0.5) is 13.2 Å². The number of aryl methyl sites for hydroxylation is 1. The molecule has 0 radical (unpaired) electrons. The molecule has 16 heteroatoms. The number of aromatic nitrogens is 2. The quantitative estimate of drug-likeness (QED) is 0.522. The van der Waals surface area contributed by atoms with E-state index in [4.69, 9.17) is 0 Å². The van der Waals surface area contributed by atoms with Gasteiger partial charge in [-0.05, 0) is 37.5 Å². The monoisotopic (exact) mass is 590 g/mol. The molecule has 2 atom stereocenters. The Labute approximate surface area is 227 Å². The summed E-state index contributed by atoms with van der Waals surface area (Å²) < 4.78 is 68.3. The van der Waals surface area contributed by atoms with Crippen molar-refractivity contribution in [1.82, 2.24) is 29.2 Å². The van der Waals surface area contributed by atoms with Crippen molar-refractivity contribution in [2.75, 3.05) is 33.2 Å². The fourth-order valence-electron chi connectivity index (χ4n) is 4.71. The van der Waals surface area contributed by atoms with Gasteiger partial charge in [0.05, 0.1) is 17.5 Å². The maximum Gasteiger partial charge on any atom is 0.433 e. The van der Waals surface area contributed by atoms with Gasteiger partial charge in [0, 0.05) is 40.7 Å². The van der Waals surface area contributed by atoms with Crippen molar-refractivity contribution < 1.29 is 36.0 Å². The van der Waals surface area contributed by atoms with Gasteiger partial charge in [-0.2, -0.15) is 23.0 Å². The molecule has 0 bridgehead atoms. The Bertz CT molecular complexity index is 1370.